The molecule has 3 aromatic carbocycles. The zero-order valence-corrected chi connectivity index (χ0v) is 25.9. The van der Waals surface area contributed by atoms with Crippen LogP contribution >= 0.6 is 0 Å². The highest BCUT2D eigenvalue weighted by Gasteiger charge is 2.23. The zero-order chi connectivity index (χ0) is 30.9. The summed E-state index contributed by atoms with van der Waals surface area (Å²) in [5, 5.41) is 22.3. The van der Waals surface area contributed by atoms with Crippen LogP contribution < -0.4 is 4.90 Å². The number of anilines is 1. The topological polar surface area (TPSA) is 89.5 Å². The lowest BCUT2D eigenvalue weighted by Crippen LogP contribution is -2.25. The first-order valence-corrected chi connectivity index (χ1v) is 16.0. The van der Waals surface area contributed by atoms with Crippen molar-refractivity contribution in [2.75, 3.05) is 18.0 Å². The molecule has 0 N–H and O–H groups in total. The van der Waals surface area contributed by atoms with Crippen LogP contribution in [0.1, 0.15) is 102 Å². The summed E-state index contributed by atoms with van der Waals surface area (Å²) in [7, 11) is 0. The van der Waals surface area contributed by atoms with Crippen LogP contribution in [0, 0.1) is 20.2 Å². The van der Waals surface area contributed by atoms with Crippen LogP contribution in [0.15, 0.2) is 66.7 Å². The van der Waals surface area contributed by atoms with Gasteiger partial charge in [0.05, 0.1) is 9.85 Å². The molecule has 0 aliphatic carbocycles. The standard InChI is InChI=1S/C36H47N3O4/c1-3-5-7-9-11-13-27-37(28-14-12-10-8-6-4-2)34-24-22-33(23-25-34)32-20-17-30(18-21-32)15-16-31-19-26-35(38(40)41)36(29-31)39(42)43/h15-26,29H,3-14,27-28H2,1-2H3. The van der Waals surface area contributed by atoms with Crippen LogP contribution in [-0.4, -0.2) is 22.9 Å². The van der Waals surface area contributed by atoms with Crippen molar-refractivity contribution in [1.82, 2.24) is 0 Å². The Bertz CT molecular complexity index is 1290. The molecule has 0 heterocycles. The number of hydrogen-bond donors (Lipinski definition) is 0. The van der Waals surface area contributed by atoms with Crippen molar-refractivity contribution in [2.45, 2.75) is 90.9 Å². The van der Waals surface area contributed by atoms with Crippen molar-refractivity contribution in [3.8, 4) is 11.1 Å². The molecule has 3 rings (SSSR count). The van der Waals surface area contributed by atoms with Gasteiger partial charge in [-0.25, -0.2) is 0 Å². The van der Waals surface area contributed by atoms with E-state index in [1.54, 1.807) is 6.08 Å². The van der Waals surface area contributed by atoms with Crippen molar-refractivity contribution < 1.29 is 9.85 Å². The van der Waals surface area contributed by atoms with Crippen molar-refractivity contribution in [3.63, 3.8) is 0 Å². The number of nitro groups is 2. The Morgan fingerprint density at radius 2 is 1.00 bits per heavy atom. The maximum Gasteiger partial charge on any atom is 0.346 e. The second-order valence-corrected chi connectivity index (χ2v) is 11.3. The first kappa shape index (κ1) is 33.5. The summed E-state index contributed by atoms with van der Waals surface area (Å²) in [5.41, 5.74) is 4.02. The second kappa shape index (κ2) is 18.5. The third kappa shape index (κ3) is 11.3. The Hall–Kier alpha value is -4.00. The predicted octanol–water partition coefficient (Wildman–Crippen LogP) is 10.9. The first-order valence-electron chi connectivity index (χ1n) is 16.0. The van der Waals surface area contributed by atoms with Gasteiger partial charge < -0.3 is 4.90 Å². The van der Waals surface area contributed by atoms with Crippen LogP contribution in [0.3, 0.4) is 0 Å². The molecule has 0 aliphatic heterocycles. The van der Waals surface area contributed by atoms with Gasteiger partial charge in [0, 0.05) is 30.9 Å². The van der Waals surface area contributed by atoms with Gasteiger partial charge in [0.15, 0.2) is 0 Å². The monoisotopic (exact) mass is 585 g/mol. The lowest BCUT2D eigenvalue weighted by molar-refractivity contribution is -0.422. The Balaban J connectivity index is 1.63. The van der Waals surface area contributed by atoms with E-state index in [-0.39, 0.29) is 0 Å². The molecule has 7 heteroatoms. The highest BCUT2D eigenvalue weighted by atomic mass is 16.6. The van der Waals surface area contributed by atoms with Gasteiger partial charge in [-0.15, -0.1) is 0 Å². The van der Waals surface area contributed by atoms with Crippen LogP contribution in [0.5, 0.6) is 0 Å². The molecule has 0 amide bonds. The average Bonchev–Trinajstić information content (AvgIpc) is 3.02. The highest BCUT2D eigenvalue weighted by molar-refractivity contribution is 5.74. The molecule has 0 fully saturated rings. The fourth-order valence-electron chi connectivity index (χ4n) is 5.32. The molecule has 7 nitrogen and oxygen atoms in total. The summed E-state index contributed by atoms with van der Waals surface area (Å²) in [6, 6.07) is 21.0. The quantitative estimate of drug-likeness (QED) is 0.0569. The van der Waals surface area contributed by atoms with Crippen molar-refractivity contribution in [3.05, 3.63) is 98.1 Å². The molecule has 0 saturated carbocycles. The van der Waals surface area contributed by atoms with Gasteiger partial charge in [-0.2, -0.15) is 0 Å². The van der Waals surface area contributed by atoms with Gasteiger partial charge in [0.1, 0.15) is 0 Å². The molecule has 0 atom stereocenters. The molecule has 0 spiro atoms. The van der Waals surface area contributed by atoms with Crippen LogP contribution in [-0.2, 0) is 0 Å². The normalized spacial score (nSPS) is 11.2. The number of nitrogens with zero attached hydrogens (tertiary/aromatic N) is 3. The van der Waals surface area contributed by atoms with Gasteiger partial charge in [0.2, 0.25) is 0 Å². The largest absolute Gasteiger partial charge is 0.372 e. The second-order valence-electron chi connectivity index (χ2n) is 11.3. The van der Waals surface area contributed by atoms with E-state index in [0.29, 0.717) is 5.56 Å². The van der Waals surface area contributed by atoms with E-state index in [2.05, 4.69) is 55.1 Å². The molecule has 0 saturated heterocycles. The van der Waals surface area contributed by atoms with E-state index >= 15 is 0 Å². The molecule has 43 heavy (non-hydrogen) atoms. The van der Waals surface area contributed by atoms with Gasteiger partial charge >= 0.3 is 11.4 Å². The molecule has 230 valence electrons. The summed E-state index contributed by atoms with van der Waals surface area (Å²) in [6.07, 6.45) is 19.2. The number of hydrogen-bond acceptors (Lipinski definition) is 5. The summed E-state index contributed by atoms with van der Waals surface area (Å²) in [5.74, 6) is 0. The van der Waals surface area contributed by atoms with Crippen LogP contribution in [0.4, 0.5) is 17.1 Å². The third-order valence-electron chi connectivity index (χ3n) is 7.90. The van der Waals surface area contributed by atoms with Crippen molar-refractivity contribution in [2.24, 2.45) is 0 Å². The summed E-state index contributed by atoms with van der Waals surface area (Å²) in [6.45, 7) is 6.75. The Morgan fingerprint density at radius 3 is 1.51 bits per heavy atom. The highest BCUT2D eigenvalue weighted by Crippen LogP contribution is 2.29. The van der Waals surface area contributed by atoms with Gasteiger partial charge in [0.25, 0.3) is 0 Å². The Morgan fingerprint density at radius 1 is 0.558 bits per heavy atom. The Labute approximate surface area is 256 Å². The summed E-state index contributed by atoms with van der Waals surface area (Å²) >= 11 is 0. The minimum Gasteiger partial charge on any atom is -0.372 e. The molecule has 0 bridgehead atoms. The molecule has 0 unspecified atom stereocenters. The number of nitro benzene ring substituents is 2. The van der Waals surface area contributed by atoms with Crippen LogP contribution in [0.2, 0.25) is 0 Å². The molecule has 0 radical (unpaired) electrons. The van der Waals surface area contributed by atoms with Crippen LogP contribution in [0.25, 0.3) is 23.3 Å². The smallest absolute Gasteiger partial charge is 0.346 e. The first-order chi connectivity index (χ1) is 20.9. The predicted molar refractivity (Wildman–Crippen MR) is 180 cm³/mol. The molecular weight excluding hydrogens is 538 g/mol. The van der Waals surface area contributed by atoms with Crippen molar-refractivity contribution in [1.29, 1.82) is 0 Å². The Kier molecular flexibility index (Phi) is 14.4. The van der Waals surface area contributed by atoms with Gasteiger partial charge in [-0.1, -0.05) is 127 Å². The van der Waals surface area contributed by atoms with E-state index in [1.165, 1.54) is 101 Å². The number of rotatable bonds is 20. The maximum absolute atomic E-state index is 11.2. The minimum atomic E-state index is -0.736. The van der Waals surface area contributed by atoms with E-state index in [4.69, 9.17) is 0 Å². The van der Waals surface area contributed by atoms with Gasteiger partial charge in [-0.05, 0) is 53.3 Å². The molecule has 0 aromatic heterocycles. The molecule has 0 aliphatic rings. The van der Waals surface area contributed by atoms with E-state index in [9.17, 15) is 20.2 Å². The summed E-state index contributed by atoms with van der Waals surface area (Å²) in [4.78, 5) is 23.4. The maximum atomic E-state index is 11.2. The lowest BCUT2D eigenvalue weighted by atomic mass is 10.0. The average molecular weight is 586 g/mol. The fourth-order valence-corrected chi connectivity index (χ4v) is 5.32. The fraction of sp³-hybridized carbons (Fsp3) is 0.444. The molecular formula is C36H47N3O4. The zero-order valence-electron chi connectivity index (χ0n) is 25.9. The van der Waals surface area contributed by atoms with E-state index < -0.39 is 21.2 Å². The lowest BCUT2D eigenvalue weighted by Gasteiger charge is -2.25. The third-order valence-corrected chi connectivity index (χ3v) is 7.90. The van der Waals surface area contributed by atoms with Gasteiger partial charge in [-0.3, -0.25) is 20.2 Å². The summed E-state index contributed by atoms with van der Waals surface area (Å²) < 4.78 is 0. The molecule has 3 aromatic rings. The van der Waals surface area contributed by atoms with Crippen molar-refractivity contribution >= 4 is 29.2 Å². The number of unbranched alkanes of at least 4 members (excludes halogenated alkanes) is 10. The van der Waals surface area contributed by atoms with E-state index in [1.807, 2.05) is 18.2 Å². The SMILES string of the molecule is CCCCCCCCN(CCCCCCCC)c1ccc(-c2ccc(C=Cc3ccc([N+](=O)[O-])c([N+](=O)[O-])c3)cc2)cc1. The number of benzene rings is 3. The van der Waals surface area contributed by atoms with E-state index in [0.717, 1.165) is 29.8 Å². The minimum absolute atomic E-state index is 0.509.